The van der Waals surface area contributed by atoms with E-state index in [4.69, 9.17) is 0 Å². The van der Waals surface area contributed by atoms with E-state index in [9.17, 15) is 4.79 Å². The van der Waals surface area contributed by atoms with Gasteiger partial charge in [0.2, 0.25) is 0 Å². The maximum atomic E-state index is 12.4. The van der Waals surface area contributed by atoms with Crippen LogP contribution >= 0.6 is 11.3 Å². The van der Waals surface area contributed by atoms with E-state index in [-0.39, 0.29) is 5.91 Å². The summed E-state index contributed by atoms with van der Waals surface area (Å²) in [6.07, 6.45) is 0. The molecule has 0 saturated carbocycles. The summed E-state index contributed by atoms with van der Waals surface area (Å²) in [6.45, 7) is 12.4. The van der Waals surface area contributed by atoms with E-state index in [1.807, 2.05) is 19.1 Å². The van der Waals surface area contributed by atoms with Crippen molar-refractivity contribution in [3.05, 3.63) is 34.7 Å². The molecule has 1 amide bonds. The van der Waals surface area contributed by atoms with E-state index in [0.717, 1.165) is 17.0 Å². The second kappa shape index (κ2) is 7.25. The molecule has 0 saturated heterocycles. The second-order valence-corrected chi connectivity index (χ2v) is 7.29. The zero-order valence-electron chi connectivity index (χ0n) is 14.1. The Morgan fingerprint density at radius 3 is 2.41 bits per heavy atom. The monoisotopic (exact) mass is 318 g/mol. The molecule has 22 heavy (non-hydrogen) atoms. The van der Waals surface area contributed by atoms with Gasteiger partial charge in [0, 0.05) is 29.9 Å². The summed E-state index contributed by atoms with van der Waals surface area (Å²) in [5.74, 6) is 0.0474. The number of aryl methyl sites for hydroxylation is 1. The smallest absolute Gasteiger partial charge is 0.261 e. The number of amides is 1. The molecule has 0 spiro atoms. The van der Waals surface area contributed by atoms with Gasteiger partial charge in [-0.05, 0) is 51.6 Å². The Morgan fingerprint density at radius 2 is 1.82 bits per heavy atom. The van der Waals surface area contributed by atoms with Gasteiger partial charge in [-0.15, -0.1) is 11.3 Å². The first-order valence-corrected chi connectivity index (χ1v) is 8.75. The van der Waals surface area contributed by atoms with E-state index in [2.05, 4.69) is 50.0 Å². The normalized spacial score (nSPS) is 11.8. The molecular weight excluding hydrogens is 292 g/mol. The molecule has 1 heterocycles. The van der Waals surface area contributed by atoms with Gasteiger partial charge < -0.3 is 5.32 Å². The maximum Gasteiger partial charge on any atom is 0.261 e. The number of benzene rings is 1. The molecule has 0 radical (unpaired) electrons. The van der Waals surface area contributed by atoms with E-state index in [1.165, 1.54) is 10.1 Å². The molecule has 2 aromatic rings. The van der Waals surface area contributed by atoms with Crippen LogP contribution in [0.15, 0.2) is 24.3 Å². The highest BCUT2D eigenvalue weighted by Gasteiger charge is 2.16. The van der Waals surface area contributed by atoms with Crippen molar-refractivity contribution in [2.75, 3.05) is 13.1 Å². The van der Waals surface area contributed by atoms with Crippen LogP contribution in [0.1, 0.15) is 42.9 Å². The Labute approximate surface area is 137 Å². The average molecular weight is 318 g/mol. The topological polar surface area (TPSA) is 32.3 Å². The summed E-state index contributed by atoms with van der Waals surface area (Å²) < 4.78 is 1.18. The first-order chi connectivity index (χ1) is 10.4. The highest BCUT2D eigenvalue weighted by atomic mass is 32.1. The number of thiophene rings is 1. The van der Waals surface area contributed by atoms with Crippen molar-refractivity contribution < 1.29 is 4.79 Å². The highest BCUT2D eigenvalue weighted by Crippen LogP contribution is 2.30. The molecular formula is C18H26N2OS. The zero-order valence-corrected chi connectivity index (χ0v) is 15.0. The van der Waals surface area contributed by atoms with Gasteiger partial charge in [0.15, 0.2) is 0 Å². The minimum Gasteiger partial charge on any atom is -0.350 e. The standard InChI is InChI=1S/C18H26N2OS/c1-12(2)20(13(3)4)11-10-19-18(21)17-14(5)15-8-6-7-9-16(15)22-17/h6-9,12-13H,10-11H2,1-5H3,(H,19,21). The molecule has 0 unspecified atom stereocenters. The molecule has 0 atom stereocenters. The molecule has 2 rings (SSSR count). The molecule has 4 heteroatoms. The SMILES string of the molecule is Cc1c(C(=O)NCCN(C(C)C)C(C)C)sc2ccccc12. The van der Waals surface area contributed by atoms with Crippen molar-refractivity contribution >= 4 is 27.3 Å². The van der Waals surface area contributed by atoms with Crippen LogP contribution in [0.25, 0.3) is 10.1 Å². The Balaban J connectivity index is 2.01. The van der Waals surface area contributed by atoms with Crippen LogP contribution in [0.2, 0.25) is 0 Å². The van der Waals surface area contributed by atoms with Gasteiger partial charge in [0.25, 0.3) is 5.91 Å². The van der Waals surface area contributed by atoms with Gasteiger partial charge in [0.05, 0.1) is 4.88 Å². The van der Waals surface area contributed by atoms with Crippen molar-refractivity contribution in [1.82, 2.24) is 10.2 Å². The predicted molar refractivity (Wildman–Crippen MR) is 95.9 cm³/mol. The number of hydrogen-bond donors (Lipinski definition) is 1. The van der Waals surface area contributed by atoms with Crippen LogP contribution in [-0.2, 0) is 0 Å². The van der Waals surface area contributed by atoms with Crippen LogP contribution in [0.5, 0.6) is 0 Å². The fraction of sp³-hybridized carbons (Fsp3) is 0.500. The third kappa shape index (κ3) is 3.68. The lowest BCUT2D eigenvalue weighted by molar-refractivity contribution is 0.0943. The van der Waals surface area contributed by atoms with Crippen molar-refractivity contribution in [3.63, 3.8) is 0 Å². The number of nitrogens with one attached hydrogen (secondary N) is 1. The lowest BCUT2D eigenvalue weighted by Crippen LogP contribution is -2.42. The zero-order chi connectivity index (χ0) is 16.3. The van der Waals surface area contributed by atoms with E-state index in [0.29, 0.717) is 18.6 Å². The van der Waals surface area contributed by atoms with E-state index >= 15 is 0 Å². The molecule has 0 aliphatic carbocycles. The number of nitrogens with zero attached hydrogens (tertiary/aromatic N) is 1. The van der Waals surface area contributed by atoms with Crippen LogP contribution < -0.4 is 5.32 Å². The number of carbonyl (C=O) groups excluding carboxylic acids is 1. The quantitative estimate of drug-likeness (QED) is 0.871. The number of carbonyl (C=O) groups is 1. The van der Waals surface area contributed by atoms with Crippen LogP contribution in [0.4, 0.5) is 0 Å². The summed E-state index contributed by atoms with van der Waals surface area (Å²) in [7, 11) is 0. The Hall–Kier alpha value is -1.39. The van der Waals surface area contributed by atoms with Crippen molar-refractivity contribution in [2.45, 2.75) is 46.7 Å². The molecule has 0 aliphatic rings. The maximum absolute atomic E-state index is 12.4. The Bertz CT molecular complexity index is 638. The summed E-state index contributed by atoms with van der Waals surface area (Å²) in [5, 5.41) is 4.25. The van der Waals surface area contributed by atoms with Gasteiger partial charge in [-0.1, -0.05) is 18.2 Å². The molecule has 0 bridgehead atoms. The van der Waals surface area contributed by atoms with Crippen molar-refractivity contribution in [3.8, 4) is 0 Å². The largest absolute Gasteiger partial charge is 0.350 e. The lowest BCUT2D eigenvalue weighted by Gasteiger charge is -2.30. The van der Waals surface area contributed by atoms with Gasteiger partial charge in [0.1, 0.15) is 0 Å². The summed E-state index contributed by atoms with van der Waals surface area (Å²) in [6, 6.07) is 9.17. The number of fused-ring (bicyclic) bond motifs is 1. The fourth-order valence-corrected chi connectivity index (χ4v) is 4.01. The fourth-order valence-electron chi connectivity index (χ4n) is 2.88. The molecule has 1 aromatic carbocycles. The van der Waals surface area contributed by atoms with Gasteiger partial charge in [-0.3, -0.25) is 9.69 Å². The van der Waals surface area contributed by atoms with Gasteiger partial charge in [-0.25, -0.2) is 0 Å². The third-order valence-corrected chi connectivity index (χ3v) is 5.30. The summed E-state index contributed by atoms with van der Waals surface area (Å²) in [5.41, 5.74) is 1.09. The number of rotatable bonds is 6. The minimum absolute atomic E-state index is 0.0474. The summed E-state index contributed by atoms with van der Waals surface area (Å²) in [4.78, 5) is 15.7. The van der Waals surface area contributed by atoms with Gasteiger partial charge in [-0.2, -0.15) is 0 Å². The molecule has 0 aliphatic heterocycles. The second-order valence-electron chi connectivity index (χ2n) is 6.23. The first kappa shape index (κ1) is 17.0. The molecule has 1 N–H and O–H groups in total. The molecule has 0 fully saturated rings. The Morgan fingerprint density at radius 1 is 1.18 bits per heavy atom. The van der Waals surface area contributed by atoms with Gasteiger partial charge >= 0.3 is 0 Å². The lowest BCUT2D eigenvalue weighted by atomic mass is 10.1. The molecule has 3 nitrogen and oxygen atoms in total. The van der Waals surface area contributed by atoms with Crippen LogP contribution in [-0.4, -0.2) is 36.0 Å². The Kier molecular flexibility index (Phi) is 5.59. The average Bonchev–Trinajstić information content (AvgIpc) is 2.80. The minimum atomic E-state index is 0.0474. The summed E-state index contributed by atoms with van der Waals surface area (Å²) >= 11 is 1.58. The molecule has 1 aromatic heterocycles. The molecule has 120 valence electrons. The van der Waals surface area contributed by atoms with E-state index < -0.39 is 0 Å². The highest BCUT2D eigenvalue weighted by molar-refractivity contribution is 7.21. The number of hydrogen-bond acceptors (Lipinski definition) is 3. The predicted octanol–water partition coefficient (Wildman–Crippen LogP) is 4.06. The van der Waals surface area contributed by atoms with Crippen molar-refractivity contribution in [2.24, 2.45) is 0 Å². The van der Waals surface area contributed by atoms with Crippen LogP contribution in [0.3, 0.4) is 0 Å². The third-order valence-electron chi connectivity index (χ3n) is 4.03. The van der Waals surface area contributed by atoms with E-state index in [1.54, 1.807) is 11.3 Å². The first-order valence-electron chi connectivity index (χ1n) is 7.94. The van der Waals surface area contributed by atoms with Crippen molar-refractivity contribution in [1.29, 1.82) is 0 Å². The van der Waals surface area contributed by atoms with Crippen LogP contribution in [0, 0.1) is 6.92 Å².